The molecule has 1 aliphatic heterocycles. The molecule has 0 unspecified atom stereocenters. The Bertz CT molecular complexity index is 920. The van der Waals surface area contributed by atoms with E-state index in [4.69, 9.17) is 4.42 Å². The van der Waals surface area contributed by atoms with Crippen LogP contribution < -0.4 is 5.32 Å². The number of benzene rings is 2. The van der Waals surface area contributed by atoms with Crippen LogP contribution in [0.3, 0.4) is 0 Å². The van der Waals surface area contributed by atoms with Gasteiger partial charge in [-0.3, -0.25) is 4.79 Å². The molecule has 1 aromatic heterocycles. The molecule has 0 aliphatic carbocycles. The van der Waals surface area contributed by atoms with Gasteiger partial charge in [0.1, 0.15) is 5.76 Å². The van der Waals surface area contributed by atoms with Crippen LogP contribution in [0.5, 0.6) is 0 Å². The number of carbonyl (C=O) groups is 1. The van der Waals surface area contributed by atoms with Gasteiger partial charge in [0.25, 0.3) is 0 Å². The maximum absolute atomic E-state index is 13.8. The number of nitrogens with zero attached hydrogens (tertiary/aromatic N) is 1. The lowest BCUT2D eigenvalue weighted by molar-refractivity contribution is -0.137. The summed E-state index contributed by atoms with van der Waals surface area (Å²) in [6.45, 7) is 1.22. The number of furan rings is 1. The van der Waals surface area contributed by atoms with Gasteiger partial charge in [-0.1, -0.05) is 72.8 Å². The minimum absolute atomic E-state index is 0.0998. The first-order valence-electron chi connectivity index (χ1n) is 10.1. The second-order valence-corrected chi connectivity index (χ2v) is 7.34. The SMILES string of the molecule is O=C1[C@H](Cc2ccccc2)NC/C=C\C[C@H](c2ccco2)N1Cc1ccccc1. The zero-order chi connectivity index (χ0) is 19.9. The Morgan fingerprint density at radius 3 is 2.31 bits per heavy atom. The Labute approximate surface area is 171 Å². The summed E-state index contributed by atoms with van der Waals surface area (Å²) >= 11 is 0. The normalized spacial score (nSPS) is 21.2. The molecule has 2 heterocycles. The number of hydrogen-bond donors (Lipinski definition) is 1. The van der Waals surface area contributed by atoms with Gasteiger partial charge in [-0.15, -0.1) is 0 Å². The van der Waals surface area contributed by atoms with Crippen molar-refractivity contribution < 1.29 is 9.21 Å². The summed E-state index contributed by atoms with van der Waals surface area (Å²) < 4.78 is 5.73. The molecule has 0 fully saturated rings. The Morgan fingerprint density at radius 2 is 1.62 bits per heavy atom. The van der Waals surface area contributed by atoms with Crippen molar-refractivity contribution in [3.05, 3.63) is 108 Å². The van der Waals surface area contributed by atoms with Crippen molar-refractivity contribution in [3.8, 4) is 0 Å². The van der Waals surface area contributed by atoms with Gasteiger partial charge >= 0.3 is 0 Å². The average Bonchev–Trinajstić information content (AvgIpc) is 3.30. The van der Waals surface area contributed by atoms with Crippen LogP contribution in [0.1, 0.15) is 29.3 Å². The molecule has 0 radical (unpaired) electrons. The van der Waals surface area contributed by atoms with Crippen LogP contribution in [0.2, 0.25) is 0 Å². The van der Waals surface area contributed by atoms with Crippen molar-refractivity contribution >= 4 is 5.91 Å². The van der Waals surface area contributed by atoms with E-state index in [-0.39, 0.29) is 18.0 Å². The van der Waals surface area contributed by atoms with E-state index >= 15 is 0 Å². The summed E-state index contributed by atoms with van der Waals surface area (Å²) in [6, 6.07) is 23.7. The summed E-state index contributed by atoms with van der Waals surface area (Å²) in [5.74, 6) is 0.919. The molecule has 0 bridgehead atoms. The first-order valence-corrected chi connectivity index (χ1v) is 10.1. The highest BCUT2D eigenvalue weighted by Gasteiger charge is 2.32. The van der Waals surface area contributed by atoms with E-state index < -0.39 is 0 Å². The molecule has 3 aromatic rings. The molecule has 4 nitrogen and oxygen atoms in total. The predicted octanol–water partition coefficient (Wildman–Crippen LogP) is 4.51. The van der Waals surface area contributed by atoms with Crippen LogP contribution in [0, 0.1) is 0 Å². The van der Waals surface area contributed by atoms with Crippen molar-refractivity contribution in [2.75, 3.05) is 6.54 Å². The third-order valence-corrected chi connectivity index (χ3v) is 5.32. The zero-order valence-corrected chi connectivity index (χ0v) is 16.4. The Morgan fingerprint density at radius 1 is 0.897 bits per heavy atom. The predicted molar refractivity (Wildman–Crippen MR) is 114 cm³/mol. The van der Waals surface area contributed by atoms with Crippen molar-refractivity contribution in [1.82, 2.24) is 10.2 Å². The van der Waals surface area contributed by atoms with Gasteiger partial charge in [0.2, 0.25) is 5.91 Å². The molecular weight excluding hydrogens is 360 g/mol. The summed E-state index contributed by atoms with van der Waals surface area (Å²) in [5, 5.41) is 3.43. The smallest absolute Gasteiger partial charge is 0.240 e. The van der Waals surface area contributed by atoms with Crippen LogP contribution >= 0.6 is 0 Å². The van der Waals surface area contributed by atoms with Crippen LogP contribution in [0.15, 0.2) is 95.6 Å². The van der Waals surface area contributed by atoms with E-state index in [1.807, 2.05) is 53.4 Å². The quantitative estimate of drug-likeness (QED) is 0.656. The largest absolute Gasteiger partial charge is 0.467 e. The molecule has 0 saturated heterocycles. The monoisotopic (exact) mass is 386 g/mol. The second kappa shape index (κ2) is 9.39. The molecule has 29 heavy (non-hydrogen) atoms. The molecular formula is C25H26N2O2. The highest BCUT2D eigenvalue weighted by Crippen LogP contribution is 2.29. The van der Waals surface area contributed by atoms with E-state index in [1.54, 1.807) is 6.26 Å². The number of hydrogen-bond acceptors (Lipinski definition) is 3. The van der Waals surface area contributed by atoms with Crippen molar-refractivity contribution in [2.24, 2.45) is 0 Å². The number of carbonyl (C=O) groups excluding carboxylic acids is 1. The van der Waals surface area contributed by atoms with Crippen molar-refractivity contribution in [3.63, 3.8) is 0 Å². The number of nitrogens with one attached hydrogen (secondary N) is 1. The van der Waals surface area contributed by atoms with Crippen LogP contribution in [-0.4, -0.2) is 23.4 Å². The van der Waals surface area contributed by atoms with Gasteiger partial charge in [0.05, 0.1) is 18.3 Å². The lowest BCUT2D eigenvalue weighted by Gasteiger charge is -2.33. The minimum Gasteiger partial charge on any atom is -0.467 e. The third-order valence-electron chi connectivity index (χ3n) is 5.32. The lowest BCUT2D eigenvalue weighted by atomic mass is 10.0. The maximum Gasteiger partial charge on any atom is 0.240 e. The summed E-state index contributed by atoms with van der Waals surface area (Å²) in [5.41, 5.74) is 2.26. The first kappa shape index (κ1) is 19.2. The molecule has 2 aromatic carbocycles. The molecule has 1 aliphatic rings. The molecule has 1 N–H and O–H groups in total. The summed E-state index contributed by atoms with van der Waals surface area (Å²) in [4.78, 5) is 15.7. The van der Waals surface area contributed by atoms with Crippen LogP contribution in [0.4, 0.5) is 0 Å². The van der Waals surface area contributed by atoms with Crippen molar-refractivity contribution in [2.45, 2.75) is 31.5 Å². The van der Waals surface area contributed by atoms with Gasteiger partial charge in [0.15, 0.2) is 0 Å². The molecule has 0 spiro atoms. The van der Waals surface area contributed by atoms with Gasteiger partial charge in [-0.05, 0) is 36.1 Å². The van der Waals surface area contributed by atoms with Gasteiger partial charge in [-0.2, -0.15) is 0 Å². The fourth-order valence-electron chi connectivity index (χ4n) is 3.82. The molecule has 2 atom stereocenters. The highest BCUT2D eigenvalue weighted by atomic mass is 16.3. The Balaban J connectivity index is 1.67. The Hall–Kier alpha value is -3.11. The Kier molecular flexibility index (Phi) is 6.22. The van der Waals surface area contributed by atoms with Gasteiger partial charge < -0.3 is 14.6 Å². The molecule has 1 amide bonds. The maximum atomic E-state index is 13.8. The second-order valence-electron chi connectivity index (χ2n) is 7.34. The topological polar surface area (TPSA) is 45.5 Å². The van der Waals surface area contributed by atoms with Crippen molar-refractivity contribution in [1.29, 1.82) is 0 Å². The number of amides is 1. The fraction of sp³-hybridized carbons (Fsp3) is 0.240. The van der Waals surface area contributed by atoms with Crippen LogP contribution in [0.25, 0.3) is 0 Å². The average molecular weight is 386 g/mol. The van der Waals surface area contributed by atoms with E-state index in [0.717, 1.165) is 23.3 Å². The molecule has 148 valence electrons. The summed E-state index contributed by atoms with van der Waals surface area (Å²) in [7, 11) is 0. The third kappa shape index (κ3) is 4.84. The van der Waals surface area contributed by atoms with Crippen LogP contribution in [-0.2, 0) is 17.8 Å². The highest BCUT2D eigenvalue weighted by molar-refractivity contribution is 5.82. The standard InChI is InChI=1S/C25H26N2O2/c28-25-22(18-20-10-3-1-4-11-20)26-16-8-7-14-23(24-15-9-17-29-24)27(25)19-21-12-5-2-6-13-21/h1-13,15,17,22-23,26H,14,16,18-19H2/b8-7-/t22-,23+/m0/s1. The van der Waals surface area contributed by atoms with E-state index in [9.17, 15) is 4.79 Å². The fourth-order valence-corrected chi connectivity index (χ4v) is 3.82. The van der Waals surface area contributed by atoms with E-state index in [2.05, 4.69) is 41.7 Å². The number of rotatable bonds is 5. The summed E-state index contributed by atoms with van der Waals surface area (Å²) in [6.07, 6.45) is 7.30. The minimum atomic E-state index is -0.290. The van der Waals surface area contributed by atoms with E-state index in [1.165, 1.54) is 0 Å². The lowest BCUT2D eigenvalue weighted by Crippen LogP contribution is -2.48. The van der Waals surface area contributed by atoms with Gasteiger partial charge in [-0.25, -0.2) is 0 Å². The van der Waals surface area contributed by atoms with Gasteiger partial charge in [0, 0.05) is 13.1 Å². The zero-order valence-electron chi connectivity index (χ0n) is 16.4. The van der Waals surface area contributed by atoms with E-state index in [0.29, 0.717) is 19.5 Å². The molecule has 4 heteroatoms. The molecule has 0 saturated carbocycles. The first-order chi connectivity index (χ1) is 14.3. The molecule has 4 rings (SSSR count).